The number of hydrogen-bond acceptors (Lipinski definition) is 4. The molecule has 94 valence electrons. The maximum atomic E-state index is 9.55. The summed E-state index contributed by atoms with van der Waals surface area (Å²) in [6, 6.07) is 0. The number of aliphatic carboxylic acids is 2. The van der Waals surface area contributed by atoms with Crippen LogP contribution in [0.2, 0.25) is 0 Å². The number of carbonyl (C=O) groups is 2. The molecule has 1 unspecified atom stereocenters. The molecular formula is C9H16ClNO5. The van der Waals surface area contributed by atoms with Crippen molar-refractivity contribution < 1.29 is 24.9 Å². The van der Waals surface area contributed by atoms with Gasteiger partial charge in [-0.3, -0.25) is 0 Å². The Balaban J connectivity index is 0. The van der Waals surface area contributed by atoms with E-state index in [-0.39, 0.29) is 6.10 Å². The minimum atomic E-state index is -1.26. The van der Waals surface area contributed by atoms with E-state index < -0.39 is 11.9 Å². The zero-order valence-electron chi connectivity index (χ0n) is 9.13. The van der Waals surface area contributed by atoms with Gasteiger partial charge in [-0.1, -0.05) is 0 Å². The van der Waals surface area contributed by atoms with Crippen LogP contribution in [0.4, 0.5) is 0 Å². The predicted molar refractivity (Wildman–Crippen MR) is 59.7 cm³/mol. The Morgan fingerprint density at radius 1 is 1.25 bits per heavy atom. The Labute approximate surface area is 98.7 Å². The van der Waals surface area contributed by atoms with Gasteiger partial charge in [-0.15, -0.1) is 11.6 Å². The van der Waals surface area contributed by atoms with Gasteiger partial charge in [0.1, 0.15) is 0 Å². The van der Waals surface area contributed by atoms with Crippen molar-refractivity contribution in [1.82, 2.24) is 4.90 Å². The van der Waals surface area contributed by atoms with E-state index in [2.05, 4.69) is 0 Å². The average Bonchev–Trinajstić information content (AvgIpc) is 2.14. The number of alkyl halides is 1. The molecule has 0 fully saturated rings. The Morgan fingerprint density at radius 3 is 1.75 bits per heavy atom. The molecule has 0 aromatic heterocycles. The largest absolute Gasteiger partial charge is 0.478 e. The van der Waals surface area contributed by atoms with Crippen molar-refractivity contribution in [2.75, 3.05) is 26.5 Å². The van der Waals surface area contributed by atoms with Crippen molar-refractivity contribution >= 4 is 23.5 Å². The number of aliphatic hydroxyl groups is 1. The fourth-order valence-electron chi connectivity index (χ4n) is 0.613. The van der Waals surface area contributed by atoms with Gasteiger partial charge in [0.25, 0.3) is 0 Å². The fourth-order valence-corrected chi connectivity index (χ4v) is 0.710. The van der Waals surface area contributed by atoms with Crippen LogP contribution >= 0.6 is 11.6 Å². The number of aliphatic hydroxyl groups excluding tert-OH is 1. The molecule has 0 bridgehead atoms. The lowest BCUT2D eigenvalue weighted by Gasteiger charge is -2.12. The molecular weight excluding hydrogens is 238 g/mol. The van der Waals surface area contributed by atoms with E-state index in [1.54, 1.807) is 0 Å². The quantitative estimate of drug-likeness (QED) is 0.466. The molecule has 3 N–H and O–H groups in total. The molecule has 0 aliphatic heterocycles. The first-order chi connectivity index (χ1) is 7.29. The summed E-state index contributed by atoms with van der Waals surface area (Å²) in [6.45, 7) is 0.642. The number of hydrogen-bond donors (Lipinski definition) is 3. The van der Waals surface area contributed by atoms with Crippen LogP contribution in [0.3, 0.4) is 0 Å². The monoisotopic (exact) mass is 253 g/mol. The second kappa shape index (κ2) is 10.4. The SMILES string of the molecule is CN(C)CC(O)CCl.O=C(O)/C=C/C(=O)O. The van der Waals surface area contributed by atoms with E-state index >= 15 is 0 Å². The highest BCUT2D eigenvalue weighted by molar-refractivity contribution is 6.18. The Hall–Kier alpha value is -1.11. The maximum Gasteiger partial charge on any atom is 0.328 e. The molecule has 0 aromatic carbocycles. The molecule has 0 amide bonds. The van der Waals surface area contributed by atoms with Crippen LogP contribution < -0.4 is 0 Å². The fraction of sp³-hybridized carbons (Fsp3) is 0.556. The van der Waals surface area contributed by atoms with Crippen LogP contribution in [-0.2, 0) is 9.59 Å². The van der Waals surface area contributed by atoms with Gasteiger partial charge >= 0.3 is 11.9 Å². The summed E-state index contributed by atoms with van der Waals surface area (Å²) in [5.41, 5.74) is 0. The summed E-state index contributed by atoms with van der Waals surface area (Å²) in [4.78, 5) is 21.0. The average molecular weight is 254 g/mol. The topological polar surface area (TPSA) is 98.1 Å². The van der Waals surface area contributed by atoms with Gasteiger partial charge in [0.05, 0.1) is 6.10 Å². The Bertz CT molecular complexity index is 226. The third-order valence-corrected chi connectivity index (χ3v) is 1.48. The predicted octanol–water partition coefficient (Wildman–Crippen LogP) is -0.141. The normalized spacial score (nSPS) is 12.1. The zero-order chi connectivity index (χ0) is 13.1. The molecule has 0 spiro atoms. The number of likely N-dealkylation sites (N-methyl/N-ethyl adjacent to an activating group) is 1. The van der Waals surface area contributed by atoms with Gasteiger partial charge in [-0.25, -0.2) is 9.59 Å². The van der Waals surface area contributed by atoms with Crippen molar-refractivity contribution in [1.29, 1.82) is 0 Å². The Morgan fingerprint density at radius 2 is 1.62 bits per heavy atom. The molecule has 7 heteroatoms. The molecule has 16 heavy (non-hydrogen) atoms. The highest BCUT2D eigenvalue weighted by Gasteiger charge is 2.00. The van der Waals surface area contributed by atoms with Crippen LogP contribution in [-0.4, -0.2) is 64.8 Å². The first-order valence-corrected chi connectivity index (χ1v) is 4.85. The van der Waals surface area contributed by atoms with E-state index in [1.165, 1.54) is 0 Å². The molecule has 6 nitrogen and oxygen atoms in total. The molecule has 0 aliphatic rings. The van der Waals surface area contributed by atoms with Crippen molar-refractivity contribution in [3.05, 3.63) is 12.2 Å². The van der Waals surface area contributed by atoms with Gasteiger partial charge in [0.2, 0.25) is 0 Å². The van der Waals surface area contributed by atoms with E-state index in [9.17, 15) is 9.59 Å². The lowest BCUT2D eigenvalue weighted by molar-refractivity contribution is -0.134. The third kappa shape index (κ3) is 18.6. The first kappa shape index (κ1) is 17.3. The second-order valence-electron chi connectivity index (χ2n) is 3.08. The van der Waals surface area contributed by atoms with Gasteiger partial charge in [0.15, 0.2) is 0 Å². The summed E-state index contributed by atoms with van der Waals surface area (Å²) < 4.78 is 0. The second-order valence-corrected chi connectivity index (χ2v) is 3.39. The first-order valence-electron chi connectivity index (χ1n) is 4.32. The number of nitrogens with zero attached hydrogens (tertiary/aromatic N) is 1. The van der Waals surface area contributed by atoms with Crippen LogP contribution in [0.15, 0.2) is 12.2 Å². The number of carboxylic acids is 2. The highest BCUT2D eigenvalue weighted by atomic mass is 35.5. The molecule has 0 saturated heterocycles. The summed E-state index contributed by atoms with van der Waals surface area (Å²) >= 11 is 5.32. The highest BCUT2D eigenvalue weighted by Crippen LogP contribution is 1.87. The number of halogens is 1. The number of rotatable bonds is 5. The van der Waals surface area contributed by atoms with Gasteiger partial charge in [0, 0.05) is 24.6 Å². The molecule has 0 rings (SSSR count). The van der Waals surface area contributed by atoms with Crippen LogP contribution in [0.1, 0.15) is 0 Å². The van der Waals surface area contributed by atoms with Crippen molar-refractivity contribution in [3.63, 3.8) is 0 Å². The van der Waals surface area contributed by atoms with E-state index in [0.717, 1.165) is 0 Å². The van der Waals surface area contributed by atoms with Crippen LogP contribution in [0.25, 0.3) is 0 Å². The molecule has 0 radical (unpaired) electrons. The van der Waals surface area contributed by atoms with Crippen LogP contribution in [0, 0.1) is 0 Å². The summed E-state index contributed by atoms with van der Waals surface area (Å²) in [7, 11) is 3.80. The van der Waals surface area contributed by atoms with Gasteiger partial charge < -0.3 is 20.2 Å². The standard InChI is InChI=1S/C5H12ClNO.C4H4O4/c1-7(2)4-5(8)3-6;5-3(6)1-2-4(7)8/h5,8H,3-4H2,1-2H3;1-2H,(H,5,6)(H,7,8)/b;2-1+. The Kier molecular flexibility index (Phi) is 11.2. The molecule has 0 aromatic rings. The van der Waals surface area contributed by atoms with Crippen LogP contribution in [0.5, 0.6) is 0 Å². The lowest BCUT2D eigenvalue weighted by atomic mass is 10.4. The third-order valence-electron chi connectivity index (χ3n) is 1.12. The van der Waals surface area contributed by atoms with Crippen molar-refractivity contribution in [3.8, 4) is 0 Å². The summed E-state index contributed by atoms with van der Waals surface area (Å²) in [5, 5.41) is 24.5. The summed E-state index contributed by atoms with van der Waals surface area (Å²) in [6.07, 6.45) is 0.733. The van der Waals surface area contributed by atoms with Gasteiger partial charge in [-0.2, -0.15) is 0 Å². The number of carboxylic acid groups (broad SMARTS) is 2. The summed E-state index contributed by atoms with van der Waals surface area (Å²) in [5.74, 6) is -2.20. The van der Waals surface area contributed by atoms with E-state index in [0.29, 0.717) is 24.6 Å². The van der Waals surface area contributed by atoms with E-state index in [4.69, 9.17) is 26.9 Å². The molecule has 0 saturated carbocycles. The maximum absolute atomic E-state index is 9.55. The lowest BCUT2D eigenvalue weighted by Crippen LogP contribution is -2.26. The van der Waals surface area contributed by atoms with E-state index in [1.807, 2.05) is 19.0 Å². The molecule has 1 atom stereocenters. The minimum Gasteiger partial charge on any atom is -0.478 e. The minimum absolute atomic E-state index is 0.318. The zero-order valence-corrected chi connectivity index (χ0v) is 9.89. The van der Waals surface area contributed by atoms with Gasteiger partial charge in [-0.05, 0) is 14.1 Å². The van der Waals surface area contributed by atoms with Crippen molar-refractivity contribution in [2.45, 2.75) is 6.10 Å². The van der Waals surface area contributed by atoms with Crippen molar-refractivity contribution in [2.24, 2.45) is 0 Å². The smallest absolute Gasteiger partial charge is 0.328 e. The molecule has 0 aliphatic carbocycles. The molecule has 0 heterocycles.